The van der Waals surface area contributed by atoms with Gasteiger partial charge in [0.05, 0.1) is 23.4 Å². The molecule has 8 heteroatoms. The van der Waals surface area contributed by atoms with Crippen LogP contribution in [0.15, 0.2) is 65.2 Å². The molecule has 2 aromatic carbocycles. The molecule has 2 aliphatic heterocycles. The minimum atomic E-state index is -0.601. The highest BCUT2D eigenvalue weighted by atomic mass is 79.9. The fourth-order valence-electron chi connectivity index (χ4n) is 5.78. The molecule has 2 aromatic rings. The Labute approximate surface area is 204 Å². The highest BCUT2D eigenvalue weighted by molar-refractivity contribution is 9.10. The van der Waals surface area contributed by atoms with Crippen LogP contribution in [-0.2, 0) is 19.2 Å². The number of nitrogens with zero attached hydrogens (tertiary/aromatic N) is 2. The molecule has 0 N–H and O–H groups in total. The van der Waals surface area contributed by atoms with E-state index in [0.717, 1.165) is 16.6 Å². The number of hydrogen-bond donors (Lipinski definition) is 0. The maximum atomic E-state index is 13.1. The van der Waals surface area contributed by atoms with E-state index in [2.05, 4.69) is 28.1 Å². The monoisotopic (exact) mass is 520 g/mol. The van der Waals surface area contributed by atoms with Crippen molar-refractivity contribution in [3.8, 4) is 5.75 Å². The van der Waals surface area contributed by atoms with Gasteiger partial charge in [0.25, 0.3) is 0 Å². The Kier molecular flexibility index (Phi) is 4.95. The first kappa shape index (κ1) is 21.3. The zero-order valence-electron chi connectivity index (χ0n) is 18.1. The molecule has 0 radical (unpaired) electrons. The molecule has 0 spiro atoms. The second-order valence-electron chi connectivity index (χ2n) is 9.31. The minimum Gasteiger partial charge on any atom is -0.426 e. The summed E-state index contributed by atoms with van der Waals surface area (Å²) < 4.78 is 6.49. The average Bonchev–Trinajstić information content (AvgIpc) is 3.58. The summed E-state index contributed by atoms with van der Waals surface area (Å²) in [6.45, 7) is 0.237. The molecule has 2 heterocycles. The Balaban J connectivity index is 1.16. The molecule has 2 saturated heterocycles. The van der Waals surface area contributed by atoms with Gasteiger partial charge in [-0.15, -0.1) is 0 Å². The molecule has 1 saturated carbocycles. The number of ether oxygens (including phenoxy) is 1. The molecule has 0 aromatic heterocycles. The Morgan fingerprint density at radius 3 is 2.26 bits per heavy atom. The van der Waals surface area contributed by atoms with Crippen LogP contribution < -0.4 is 14.5 Å². The number of carbonyl (C=O) groups excluding carboxylic acids is 4. The van der Waals surface area contributed by atoms with Crippen LogP contribution in [0.5, 0.6) is 5.75 Å². The van der Waals surface area contributed by atoms with E-state index in [1.54, 1.807) is 29.2 Å². The van der Waals surface area contributed by atoms with Gasteiger partial charge in [0, 0.05) is 29.2 Å². The van der Waals surface area contributed by atoms with Gasteiger partial charge in [-0.05, 0) is 54.7 Å². The van der Waals surface area contributed by atoms with Crippen molar-refractivity contribution in [3.63, 3.8) is 0 Å². The zero-order valence-corrected chi connectivity index (χ0v) is 19.7. The molecule has 6 rings (SSSR count). The lowest BCUT2D eigenvalue weighted by molar-refractivity contribution is -0.139. The smallest absolute Gasteiger partial charge is 0.316 e. The summed E-state index contributed by atoms with van der Waals surface area (Å²) in [7, 11) is 0. The molecular formula is C26H21BrN2O5. The molecule has 172 valence electrons. The van der Waals surface area contributed by atoms with Crippen LogP contribution in [0, 0.1) is 29.6 Å². The van der Waals surface area contributed by atoms with Crippen molar-refractivity contribution in [3.05, 3.63) is 65.2 Å². The highest BCUT2D eigenvalue weighted by Crippen LogP contribution is 2.53. The second kappa shape index (κ2) is 7.91. The maximum Gasteiger partial charge on any atom is 0.316 e. The van der Waals surface area contributed by atoms with Crippen molar-refractivity contribution in [2.45, 2.75) is 12.8 Å². The molecular weight excluding hydrogens is 500 g/mol. The first-order chi connectivity index (χ1) is 16.4. The number of halogens is 1. The summed E-state index contributed by atoms with van der Waals surface area (Å²) in [5.41, 5.74) is 1.14. The van der Waals surface area contributed by atoms with Crippen LogP contribution in [0.25, 0.3) is 0 Å². The lowest BCUT2D eigenvalue weighted by atomic mass is 9.85. The third-order valence-corrected chi connectivity index (χ3v) is 7.89. The third kappa shape index (κ3) is 3.31. The number of benzene rings is 2. The quantitative estimate of drug-likeness (QED) is 0.265. The third-order valence-electron chi connectivity index (χ3n) is 7.36. The number of allylic oxidation sites excluding steroid dienone is 2. The van der Waals surface area contributed by atoms with Crippen molar-refractivity contribution in [1.29, 1.82) is 0 Å². The summed E-state index contributed by atoms with van der Waals surface area (Å²) in [4.78, 5) is 54.3. The number of rotatable bonds is 4. The fourth-order valence-corrected chi connectivity index (χ4v) is 6.04. The van der Waals surface area contributed by atoms with Crippen molar-refractivity contribution < 1.29 is 23.9 Å². The Morgan fingerprint density at radius 1 is 0.912 bits per heavy atom. The number of amides is 3. The first-order valence-corrected chi connectivity index (χ1v) is 12.1. The highest BCUT2D eigenvalue weighted by Gasteiger charge is 2.59. The summed E-state index contributed by atoms with van der Waals surface area (Å²) >= 11 is 3.38. The summed E-state index contributed by atoms with van der Waals surface area (Å²) in [6.07, 6.45) is 5.05. The number of esters is 1. The second-order valence-corrected chi connectivity index (χ2v) is 10.2. The van der Waals surface area contributed by atoms with E-state index in [-0.39, 0.29) is 60.1 Å². The van der Waals surface area contributed by atoms with Gasteiger partial charge in [0.15, 0.2) is 0 Å². The Hall–Kier alpha value is -3.26. The van der Waals surface area contributed by atoms with Gasteiger partial charge in [-0.1, -0.05) is 34.1 Å². The molecule has 2 bridgehead atoms. The molecule has 0 unspecified atom stereocenters. The van der Waals surface area contributed by atoms with Crippen molar-refractivity contribution in [1.82, 2.24) is 0 Å². The lowest BCUT2D eigenvalue weighted by Gasteiger charge is -2.18. The van der Waals surface area contributed by atoms with Crippen LogP contribution in [-0.4, -0.2) is 30.2 Å². The number of fused-ring (bicyclic) bond motifs is 5. The van der Waals surface area contributed by atoms with E-state index < -0.39 is 11.9 Å². The number of imide groups is 1. The number of carbonyl (C=O) groups is 4. The molecule has 2 aliphatic carbocycles. The van der Waals surface area contributed by atoms with Crippen LogP contribution in [0.3, 0.4) is 0 Å². The van der Waals surface area contributed by atoms with Crippen molar-refractivity contribution in [2.75, 3.05) is 16.3 Å². The van der Waals surface area contributed by atoms with Gasteiger partial charge in [-0.25, -0.2) is 4.90 Å². The average molecular weight is 521 g/mol. The lowest BCUT2D eigenvalue weighted by Crippen LogP contribution is -2.32. The largest absolute Gasteiger partial charge is 0.426 e. The van der Waals surface area contributed by atoms with Gasteiger partial charge < -0.3 is 9.64 Å². The SMILES string of the molecule is O=C(Oc1cccc(N2C(=O)[C@H]3[C@H](C2=O)[C@H]2C=C[C@H]3C2)c1)[C@@H]1CC(=O)N(c2ccc(Br)cc2)C1. The summed E-state index contributed by atoms with van der Waals surface area (Å²) in [6, 6.07) is 13.8. The standard InChI is InChI=1S/C26H21BrN2O5/c27-17-6-8-18(9-7-17)28-13-16(11-21(28)30)26(33)34-20-3-1-2-19(12-20)29-24(31)22-14-4-5-15(10-14)23(22)25(29)32/h1-9,12,14-16,22-23H,10-11,13H2/t14-,15-,16+,22+,23+/m0/s1. The van der Waals surface area contributed by atoms with E-state index >= 15 is 0 Å². The number of hydrogen-bond acceptors (Lipinski definition) is 5. The van der Waals surface area contributed by atoms with E-state index in [0.29, 0.717) is 5.69 Å². The van der Waals surface area contributed by atoms with Crippen molar-refractivity contribution in [2.24, 2.45) is 29.6 Å². The Morgan fingerprint density at radius 2 is 1.59 bits per heavy atom. The van der Waals surface area contributed by atoms with E-state index in [9.17, 15) is 19.2 Å². The molecule has 7 nitrogen and oxygen atoms in total. The molecule has 34 heavy (non-hydrogen) atoms. The minimum absolute atomic E-state index is 0.0663. The maximum absolute atomic E-state index is 13.1. The van der Waals surface area contributed by atoms with Gasteiger partial charge in [-0.3, -0.25) is 19.2 Å². The number of anilines is 2. The van der Waals surface area contributed by atoms with Crippen LogP contribution in [0.2, 0.25) is 0 Å². The van der Waals surface area contributed by atoms with Gasteiger partial charge in [0.2, 0.25) is 17.7 Å². The predicted molar refractivity (Wildman–Crippen MR) is 127 cm³/mol. The summed E-state index contributed by atoms with van der Waals surface area (Å²) in [5, 5.41) is 0. The van der Waals surface area contributed by atoms with Crippen molar-refractivity contribution >= 4 is 51.0 Å². The summed E-state index contributed by atoms with van der Waals surface area (Å²) in [5.74, 6) is -1.68. The first-order valence-electron chi connectivity index (χ1n) is 11.3. The van der Waals surface area contributed by atoms with Crippen LogP contribution >= 0.6 is 15.9 Å². The molecule has 5 atom stereocenters. The molecule has 4 aliphatic rings. The van der Waals surface area contributed by atoms with Crippen LogP contribution in [0.1, 0.15) is 12.8 Å². The molecule has 3 amide bonds. The Bertz CT molecular complexity index is 1230. The van der Waals surface area contributed by atoms with Gasteiger partial charge >= 0.3 is 5.97 Å². The predicted octanol–water partition coefficient (Wildman–Crippen LogP) is 3.72. The topological polar surface area (TPSA) is 84.0 Å². The molecule has 3 fully saturated rings. The van der Waals surface area contributed by atoms with E-state index in [4.69, 9.17) is 4.74 Å². The fraction of sp³-hybridized carbons (Fsp3) is 0.308. The van der Waals surface area contributed by atoms with E-state index in [1.165, 1.54) is 4.90 Å². The van der Waals surface area contributed by atoms with E-state index in [1.807, 2.05) is 24.3 Å². The van der Waals surface area contributed by atoms with Gasteiger partial charge in [0.1, 0.15) is 5.75 Å². The zero-order chi connectivity index (χ0) is 23.6. The van der Waals surface area contributed by atoms with Crippen LogP contribution in [0.4, 0.5) is 11.4 Å². The van der Waals surface area contributed by atoms with Gasteiger partial charge in [-0.2, -0.15) is 0 Å². The normalized spacial score (nSPS) is 29.3.